The summed E-state index contributed by atoms with van der Waals surface area (Å²) in [6, 6.07) is 10.4. The largest absolute Gasteiger partial charge is 0.392 e. The van der Waals surface area contributed by atoms with Crippen molar-refractivity contribution in [3.8, 4) is 0 Å². The summed E-state index contributed by atoms with van der Waals surface area (Å²) in [5, 5.41) is 4.32. The summed E-state index contributed by atoms with van der Waals surface area (Å²) < 4.78 is 0. The molecule has 92 valence electrons. The minimum absolute atomic E-state index is 0.287. The smallest absolute Gasteiger partial charge is 0.136 e. The second kappa shape index (κ2) is 5.85. The fourth-order valence-corrected chi connectivity index (χ4v) is 2.49. The molecule has 2 rings (SSSR count). The van der Waals surface area contributed by atoms with E-state index in [2.05, 4.69) is 43.3 Å². The zero-order valence-corrected chi connectivity index (χ0v) is 10.7. The predicted molar refractivity (Wildman–Crippen MR) is 71.2 cm³/mol. The van der Waals surface area contributed by atoms with Gasteiger partial charge < -0.3 is 4.84 Å². The third-order valence-electron chi connectivity index (χ3n) is 3.33. The molecule has 0 unspecified atom stereocenters. The lowest BCUT2D eigenvalue weighted by atomic mass is 9.87. The highest BCUT2D eigenvalue weighted by atomic mass is 16.6. The molecule has 2 atom stereocenters. The van der Waals surface area contributed by atoms with Crippen molar-refractivity contribution in [2.45, 2.75) is 45.6 Å². The van der Waals surface area contributed by atoms with Crippen LogP contribution >= 0.6 is 0 Å². The molecule has 2 nitrogen and oxygen atoms in total. The quantitative estimate of drug-likeness (QED) is 0.750. The molecule has 0 aliphatic carbocycles. The molecule has 1 heterocycles. The third-order valence-corrected chi connectivity index (χ3v) is 3.33. The lowest BCUT2D eigenvalue weighted by molar-refractivity contribution is 0.0529. The van der Waals surface area contributed by atoms with E-state index in [1.54, 1.807) is 0 Å². The minimum Gasteiger partial charge on any atom is -0.392 e. The lowest BCUT2D eigenvalue weighted by Gasteiger charge is -2.17. The van der Waals surface area contributed by atoms with Gasteiger partial charge in [-0.3, -0.25) is 0 Å². The van der Waals surface area contributed by atoms with Crippen LogP contribution in [-0.2, 0) is 4.84 Å². The average Bonchev–Trinajstić information content (AvgIpc) is 2.75. The molecule has 0 saturated heterocycles. The van der Waals surface area contributed by atoms with Crippen LogP contribution in [0, 0.1) is 5.92 Å². The van der Waals surface area contributed by atoms with Gasteiger partial charge in [0.2, 0.25) is 0 Å². The van der Waals surface area contributed by atoms with E-state index in [1.165, 1.54) is 18.4 Å². The van der Waals surface area contributed by atoms with Gasteiger partial charge in [0, 0.05) is 5.92 Å². The maximum absolute atomic E-state index is 5.61. The van der Waals surface area contributed by atoms with Crippen molar-refractivity contribution in [3.05, 3.63) is 35.9 Å². The highest BCUT2D eigenvalue weighted by Gasteiger charge is 2.33. The van der Waals surface area contributed by atoms with Gasteiger partial charge in [0.1, 0.15) is 6.10 Å². The summed E-state index contributed by atoms with van der Waals surface area (Å²) >= 11 is 0. The third kappa shape index (κ3) is 2.68. The molecule has 0 amide bonds. The first-order chi connectivity index (χ1) is 8.36. The molecular formula is C15H21NO. The van der Waals surface area contributed by atoms with Gasteiger partial charge in [0.15, 0.2) is 0 Å². The number of hydrogen-bond acceptors (Lipinski definition) is 2. The second-order valence-electron chi connectivity index (χ2n) is 4.67. The molecule has 1 aliphatic rings. The van der Waals surface area contributed by atoms with Crippen LogP contribution in [0.5, 0.6) is 0 Å². The monoisotopic (exact) mass is 231 g/mol. The van der Waals surface area contributed by atoms with Crippen molar-refractivity contribution < 1.29 is 4.84 Å². The standard InChI is InChI=1S/C15H21NO/c1-3-8-13-14(9-4-2)17-16-15(13)12-10-6-5-7-11-12/h5-7,10-11,13-14H,3-4,8-9H2,1-2H3/t13-,14-/m1/s1. The van der Waals surface area contributed by atoms with Gasteiger partial charge in [-0.15, -0.1) is 0 Å². The van der Waals surface area contributed by atoms with Crippen LogP contribution in [0.15, 0.2) is 35.5 Å². The lowest BCUT2D eigenvalue weighted by Crippen LogP contribution is -2.23. The van der Waals surface area contributed by atoms with Crippen LogP contribution in [-0.4, -0.2) is 11.8 Å². The molecule has 0 N–H and O–H groups in total. The summed E-state index contributed by atoms with van der Waals surface area (Å²) in [5.74, 6) is 0.474. The Balaban J connectivity index is 2.17. The molecule has 0 spiro atoms. The number of oxime groups is 1. The van der Waals surface area contributed by atoms with Crippen LogP contribution in [0.4, 0.5) is 0 Å². The van der Waals surface area contributed by atoms with Gasteiger partial charge in [0.25, 0.3) is 0 Å². The summed E-state index contributed by atoms with van der Waals surface area (Å²) in [4.78, 5) is 5.61. The van der Waals surface area contributed by atoms with E-state index in [0.29, 0.717) is 5.92 Å². The first-order valence-electron chi connectivity index (χ1n) is 6.66. The topological polar surface area (TPSA) is 21.6 Å². The molecule has 0 aromatic heterocycles. The number of rotatable bonds is 5. The Morgan fingerprint density at radius 3 is 2.41 bits per heavy atom. The van der Waals surface area contributed by atoms with Gasteiger partial charge in [-0.2, -0.15) is 0 Å². The van der Waals surface area contributed by atoms with Crippen molar-refractivity contribution in [2.75, 3.05) is 0 Å². The maximum atomic E-state index is 5.61. The summed E-state index contributed by atoms with van der Waals surface area (Å²) in [6.45, 7) is 4.43. The molecular weight excluding hydrogens is 210 g/mol. The zero-order chi connectivity index (χ0) is 12.1. The highest BCUT2D eigenvalue weighted by Crippen LogP contribution is 2.29. The minimum atomic E-state index is 0.287. The molecule has 17 heavy (non-hydrogen) atoms. The fraction of sp³-hybridized carbons (Fsp3) is 0.533. The van der Waals surface area contributed by atoms with Gasteiger partial charge in [-0.05, 0) is 18.4 Å². The number of hydrogen-bond donors (Lipinski definition) is 0. The van der Waals surface area contributed by atoms with Crippen molar-refractivity contribution in [1.29, 1.82) is 0 Å². The van der Waals surface area contributed by atoms with Crippen molar-refractivity contribution >= 4 is 5.71 Å². The van der Waals surface area contributed by atoms with Crippen LogP contribution in [0.25, 0.3) is 0 Å². The molecule has 1 aromatic rings. The van der Waals surface area contributed by atoms with E-state index < -0.39 is 0 Å². The van der Waals surface area contributed by atoms with E-state index in [4.69, 9.17) is 4.84 Å². The van der Waals surface area contributed by atoms with Gasteiger partial charge in [-0.25, -0.2) is 0 Å². The van der Waals surface area contributed by atoms with Crippen molar-refractivity contribution in [2.24, 2.45) is 11.1 Å². The first kappa shape index (κ1) is 12.2. The Morgan fingerprint density at radius 1 is 1.06 bits per heavy atom. The van der Waals surface area contributed by atoms with E-state index in [-0.39, 0.29) is 6.10 Å². The van der Waals surface area contributed by atoms with E-state index in [9.17, 15) is 0 Å². The highest BCUT2D eigenvalue weighted by molar-refractivity contribution is 6.02. The maximum Gasteiger partial charge on any atom is 0.136 e. The van der Waals surface area contributed by atoms with Crippen molar-refractivity contribution in [1.82, 2.24) is 0 Å². The number of nitrogens with zero attached hydrogens (tertiary/aromatic N) is 1. The Kier molecular flexibility index (Phi) is 4.18. The fourth-order valence-electron chi connectivity index (χ4n) is 2.49. The van der Waals surface area contributed by atoms with Crippen LogP contribution in [0.2, 0.25) is 0 Å². The molecule has 1 aliphatic heterocycles. The first-order valence-corrected chi connectivity index (χ1v) is 6.66. The SMILES string of the molecule is CCC[C@H]1ON=C(c2ccccc2)[C@@H]1CCC. The van der Waals surface area contributed by atoms with E-state index in [1.807, 2.05) is 6.07 Å². The Hall–Kier alpha value is -1.31. The van der Waals surface area contributed by atoms with Crippen LogP contribution in [0.3, 0.4) is 0 Å². The average molecular weight is 231 g/mol. The second-order valence-corrected chi connectivity index (χ2v) is 4.67. The number of benzene rings is 1. The molecule has 0 radical (unpaired) electrons. The normalized spacial score (nSPS) is 23.3. The molecule has 0 saturated carbocycles. The van der Waals surface area contributed by atoms with E-state index >= 15 is 0 Å². The Morgan fingerprint density at radius 2 is 1.76 bits per heavy atom. The Bertz CT molecular complexity index is 372. The van der Waals surface area contributed by atoms with Gasteiger partial charge in [-0.1, -0.05) is 62.2 Å². The summed E-state index contributed by atoms with van der Waals surface area (Å²) in [7, 11) is 0. The zero-order valence-electron chi connectivity index (χ0n) is 10.7. The van der Waals surface area contributed by atoms with Crippen molar-refractivity contribution in [3.63, 3.8) is 0 Å². The van der Waals surface area contributed by atoms with Crippen LogP contribution in [0.1, 0.15) is 45.1 Å². The van der Waals surface area contributed by atoms with Gasteiger partial charge in [0.05, 0.1) is 5.71 Å². The summed E-state index contributed by atoms with van der Waals surface area (Å²) in [5.41, 5.74) is 2.36. The van der Waals surface area contributed by atoms with Crippen LogP contribution < -0.4 is 0 Å². The molecule has 0 bridgehead atoms. The Labute approximate surface area is 104 Å². The summed E-state index contributed by atoms with van der Waals surface area (Å²) in [6.07, 6.45) is 4.89. The molecule has 1 aromatic carbocycles. The predicted octanol–water partition coefficient (Wildman–Crippen LogP) is 4.01. The van der Waals surface area contributed by atoms with Gasteiger partial charge >= 0.3 is 0 Å². The van der Waals surface area contributed by atoms with E-state index in [0.717, 1.165) is 18.6 Å². The molecule has 2 heteroatoms. The molecule has 0 fully saturated rings.